The van der Waals surface area contributed by atoms with Gasteiger partial charge in [0.25, 0.3) is 0 Å². The Labute approximate surface area is 138 Å². The van der Waals surface area contributed by atoms with Crippen LogP contribution in [0.15, 0.2) is 12.1 Å². The van der Waals surface area contributed by atoms with Gasteiger partial charge in [-0.15, -0.1) is 0 Å². The average Bonchev–Trinajstić information content (AvgIpc) is 2.51. The molecule has 0 aliphatic heterocycles. The predicted molar refractivity (Wildman–Crippen MR) is 92.9 cm³/mol. The minimum atomic E-state index is -0.294. The molecule has 0 spiro atoms. The van der Waals surface area contributed by atoms with E-state index in [1.807, 2.05) is 38.1 Å². The molecule has 1 aliphatic carbocycles. The van der Waals surface area contributed by atoms with Gasteiger partial charge in [0.05, 0.1) is 11.8 Å². The fourth-order valence-corrected chi connectivity index (χ4v) is 3.03. The molecule has 23 heavy (non-hydrogen) atoms. The molecule has 0 saturated heterocycles. The number of hydrogen-bond acceptors (Lipinski definition) is 4. The van der Waals surface area contributed by atoms with Crippen molar-refractivity contribution in [2.24, 2.45) is 5.92 Å². The molecule has 0 aromatic carbocycles. The van der Waals surface area contributed by atoms with E-state index in [4.69, 9.17) is 0 Å². The maximum absolute atomic E-state index is 12.4. The highest BCUT2D eigenvalue weighted by Gasteiger charge is 2.26. The number of carbonyl (C=O) groups excluding carboxylic acids is 1. The van der Waals surface area contributed by atoms with Gasteiger partial charge in [-0.2, -0.15) is 0 Å². The first-order chi connectivity index (χ1) is 10.9. The van der Waals surface area contributed by atoms with Crippen molar-refractivity contribution in [2.75, 3.05) is 37.9 Å². The van der Waals surface area contributed by atoms with Gasteiger partial charge in [-0.3, -0.25) is 0 Å². The Bertz CT molecular complexity index is 547. The van der Waals surface area contributed by atoms with E-state index >= 15 is 0 Å². The molecule has 2 N–H and O–H groups in total. The van der Waals surface area contributed by atoms with Crippen molar-refractivity contribution in [1.29, 1.82) is 0 Å². The second-order valence-corrected chi connectivity index (χ2v) is 6.64. The summed E-state index contributed by atoms with van der Waals surface area (Å²) in [7, 11) is 5.58. The van der Waals surface area contributed by atoms with Crippen LogP contribution in [0.4, 0.5) is 16.3 Å². The summed E-state index contributed by atoms with van der Waals surface area (Å²) in [6, 6.07) is 3.59. The Morgan fingerprint density at radius 1 is 1.30 bits per heavy atom. The number of aliphatic hydroxyl groups is 1. The molecular weight excluding hydrogens is 292 g/mol. The third-order valence-electron chi connectivity index (χ3n) is 4.40. The number of nitrogens with one attached hydrogen (secondary N) is 1. The molecule has 1 aromatic rings. The third kappa shape index (κ3) is 4.58. The van der Waals surface area contributed by atoms with Crippen LogP contribution >= 0.6 is 0 Å². The van der Waals surface area contributed by atoms with E-state index in [1.165, 1.54) is 0 Å². The van der Waals surface area contributed by atoms with E-state index in [0.717, 1.165) is 37.2 Å². The topological polar surface area (TPSA) is 68.7 Å². The molecule has 1 heterocycles. The van der Waals surface area contributed by atoms with E-state index in [0.29, 0.717) is 12.2 Å². The number of carbonyl (C=O) groups is 1. The summed E-state index contributed by atoms with van der Waals surface area (Å²) in [5.41, 5.74) is 1.60. The molecule has 2 unspecified atom stereocenters. The normalized spacial score (nSPS) is 20.9. The standard InChI is InChI=1S/C17H28N4O2/c1-12-9-10-14(16(18-12)20(2)3)19-17(23)21(4)11-13-7-5-6-8-15(13)22/h9-10,13,15,22H,5-8,11H2,1-4H3,(H,19,23). The van der Waals surface area contributed by atoms with Gasteiger partial charge in [0, 0.05) is 39.3 Å². The van der Waals surface area contributed by atoms with Crippen molar-refractivity contribution in [2.45, 2.75) is 38.7 Å². The first-order valence-corrected chi connectivity index (χ1v) is 8.23. The molecule has 2 rings (SSSR count). The van der Waals surface area contributed by atoms with Gasteiger partial charge in [0.2, 0.25) is 0 Å². The monoisotopic (exact) mass is 320 g/mol. The highest BCUT2D eigenvalue weighted by molar-refractivity contribution is 5.92. The first-order valence-electron chi connectivity index (χ1n) is 8.23. The second kappa shape index (κ2) is 7.64. The number of rotatable bonds is 4. The van der Waals surface area contributed by atoms with Crippen LogP contribution in [0, 0.1) is 12.8 Å². The minimum Gasteiger partial charge on any atom is -0.393 e. The molecule has 1 saturated carbocycles. The maximum Gasteiger partial charge on any atom is 0.321 e. The van der Waals surface area contributed by atoms with E-state index in [2.05, 4.69) is 10.3 Å². The van der Waals surface area contributed by atoms with E-state index in [9.17, 15) is 9.90 Å². The van der Waals surface area contributed by atoms with E-state index in [-0.39, 0.29) is 18.1 Å². The number of aromatic nitrogens is 1. The number of aliphatic hydroxyl groups excluding tert-OH is 1. The van der Waals surface area contributed by atoms with Crippen LogP contribution in [0.25, 0.3) is 0 Å². The lowest BCUT2D eigenvalue weighted by Crippen LogP contribution is -2.40. The largest absolute Gasteiger partial charge is 0.393 e. The molecule has 1 aromatic heterocycles. The Morgan fingerprint density at radius 2 is 2.00 bits per heavy atom. The van der Waals surface area contributed by atoms with Gasteiger partial charge in [-0.1, -0.05) is 12.8 Å². The zero-order valence-corrected chi connectivity index (χ0v) is 14.5. The van der Waals surface area contributed by atoms with Gasteiger partial charge in [0.15, 0.2) is 5.82 Å². The van der Waals surface area contributed by atoms with Gasteiger partial charge in [-0.25, -0.2) is 9.78 Å². The molecule has 6 nitrogen and oxygen atoms in total. The molecule has 6 heteroatoms. The quantitative estimate of drug-likeness (QED) is 0.894. The van der Waals surface area contributed by atoms with Crippen molar-refractivity contribution in [3.8, 4) is 0 Å². The summed E-state index contributed by atoms with van der Waals surface area (Å²) >= 11 is 0. The Kier molecular flexibility index (Phi) is 5.82. The van der Waals surface area contributed by atoms with Gasteiger partial charge < -0.3 is 20.2 Å². The number of urea groups is 1. The molecule has 2 amide bonds. The fraction of sp³-hybridized carbons (Fsp3) is 0.647. The second-order valence-electron chi connectivity index (χ2n) is 6.64. The lowest BCUT2D eigenvalue weighted by molar-refractivity contribution is 0.0575. The number of nitrogens with zero attached hydrogens (tertiary/aromatic N) is 3. The Morgan fingerprint density at radius 3 is 2.65 bits per heavy atom. The molecule has 0 bridgehead atoms. The molecule has 0 radical (unpaired) electrons. The Balaban J connectivity index is 2.01. The van der Waals surface area contributed by atoms with Crippen molar-refractivity contribution in [1.82, 2.24) is 9.88 Å². The summed E-state index contributed by atoms with van der Waals surface area (Å²) in [6.45, 7) is 2.50. The highest BCUT2D eigenvalue weighted by atomic mass is 16.3. The summed E-state index contributed by atoms with van der Waals surface area (Å²) in [4.78, 5) is 20.4. The van der Waals surface area contributed by atoms with Crippen LogP contribution in [0.3, 0.4) is 0 Å². The smallest absolute Gasteiger partial charge is 0.321 e. The first kappa shape index (κ1) is 17.5. The predicted octanol–water partition coefficient (Wildman–Crippen LogP) is 2.47. The Hall–Kier alpha value is -1.82. The number of pyridine rings is 1. The van der Waals surface area contributed by atoms with Crippen LogP contribution in [0.1, 0.15) is 31.4 Å². The minimum absolute atomic E-state index is 0.170. The molecule has 2 atom stereocenters. The van der Waals surface area contributed by atoms with Crippen LogP contribution in [-0.2, 0) is 0 Å². The van der Waals surface area contributed by atoms with Crippen LogP contribution in [0.5, 0.6) is 0 Å². The number of anilines is 2. The van der Waals surface area contributed by atoms with Crippen molar-refractivity contribution in [3.05, 3.63) is 17.8 Å². The third-order valence-corrected chi connectivity index (χ3v) is 4.40. The summed E-state index contributed by atoms with van der Waals surface area (Å²) in [5.74, 6) is 0.911. The van der Waals surface area contributed by atoms with E-state index in [1.54, 1.807) is 11.9 Å². The zero-order valence-electron chi connectivity index (χ0n) is 14.5. The molecule has 128 valence electrons. The highest BCUT2D eigenvalue weighted by Crippen LogP contribution is 2.26. The molecule has 1 fully saturated rings. The summed E-state index contributed by atoms with van der Waals surface area (Å²) in [5, 5.41) is 13.0. The number of amides is 2. The number of hydrogen-bond donors (Lipinski definition) is 2. The molecular formula is C17H28N4O2. The van der Waals surface area contributed by atoms with Gasteiger partial charge >= 0.3 is 6.03 Å². The van der Waals surface area contributed by atoms with Crippen molar-refractivity contribution in [3.63, 3.8) is 0 Å². The van der Waals surface area contributed by atoms with Crippen molar-refractivity contribution >= 4 is 17.5 Å². The lowest BCUT2D eigenvalue weighted by atomic mass is 9.86. The summed E-state index contributed by atoms with van der Waals surface area (Å²) < 4.78 is 0. The maximum atomic E-state index is 12.4. The van der Waals surface area contributed by atoms with Crippen LogP contribution < -0.4 is 10.2 Å². The lowest BCUT2D eigenvalue weighted by Gasteiger charge is -2.31. The average molecular weight is 320 g/mol. The van der Waals surface area contributed by atoms with Gasteiger partial charge in [-0.05, 0) is 31.9 Å². The van der Waals surface area contributed by atoms with Crippen molar-refractivity contribution < 1.29 is 9.90 Å². The molecule has 1 aliphatic rings. The van der Waals surface area contributed by atoms with Crippen LogP contribution in [0.2, 0.25) is 0 Å². The zero-order chi connectivity index (χ0) is 17.0. The number of aryl methyl sites for hydroxylation is 1. The van der Waals surface area contributed by atoms with Gasteiger partial charge in [0.1, 0.15) is 0 Å². The van der Waals surface area contributed by atoms with E-state index < -0.39 is 0 Å². The fourth-order valence-electron chi connectivity index (χ4n) is 3.03. The SMILES string of the molecule is Cc1ccc(NC(=O)N(C)CC2CCCCC2O)c(N(C)C)n1. The van der Waals surface area contributed by atoms with Crippen LogP contribution in [-0.4, -0.2) is 54.8 Å². The summed E-state index contributed by atoms with van der Waals surface area (Å²) in [6.07, 6.45) is 3.73.